The van der Waals surface area contributed by atoms with Crippen molar-refractivity contribution in [1.29, 1.82) is 0 Å². The van der Waals surface area contributed by atoms with Crippen LogP contribution in [0.1, 0.15) is 0 Å². The predicted molar refractivity (Wildman–Crippen MR) is 219 cm³/mol. The lowest BCUT2D eigenvalue weighted by Gasteiger charge is -2.16. The largest absolute Gasteiger partial charge is 0.308 e. The Morgan fingerprint density at radius 1 is 0.302 bits per heavy atom. The van der Waals surface area contributed by atoms with Crippen molar-refractivity contribution in [3.8, 4) is 62.1 Å². The average Bonchev–Trinajstić information content (AvgIpc) is 3.56. The number of aromatic nitrogens is 4. The van der Waals surface area contributed by atoms with E-state index in [-0.39, 0.29) is 0 Å². The first-order valence-electron chi connectivity index (χ1n) is 17.9. The van der Waals surface area contributed by atoms with Crippen molar-refractivity contribution in [3.63, 3.8) is 0 Å². The lowest BCUT2D eigenvalue weighted by molar-refractivity contribution is 1.06. The molecule has 0 saturated heterocycles. The molecule has 0 bridgehead atoms. The molecule has 0 spiro atoms. The van der Waals surface area contributed by atoms with Crippen LogP contribution in [0.2, 0.25) is 0 Å². The molecule has 0 radical (unpaired) electrons. The highest BCUT2D eigenvalue weighted by Gasteiger charge is 2.21. The van der Waals surface area contributed by atoms with Crippen LogP contribution in [0.5, 0.6) is 0 Å². The van der Waals surface area contributed by atoms with Gasteiger partial charge in [-0.1, -0.05) is 164 Å². The van der Waals surface area contributed by atoms with Crippen LogP contribution in [-0.2, 0) is 0 Å². The maximum Gasteiger partial charge on any atom is 0.166 e. The fraction of sp³-hybridized carbons (Fsp3) is 0. The van der Waals surface area contributed by atoms with E-state index in [9.17, 15) is 0 Å². The predicted octanol–water partition coefficient (Wildman–Crippen LogP) is 12.5. The molecule has 2 aromatic heterocycles. The van der Waals surface area contributed by atoms with Gasteiger partial charge in [0, 0.05) is 27.5 Å². The van der Waals surface area contributed by atoms with E-state index in [0.717, 1.165) is 50.1 Å². The molecule has 10 aromatic rings. The Balaban J connectivity index is 1.24. The van der Waals surface area contributed by atoms with Crippen molar-refractivity contribution in [2.24, 2.45) is 0 Å². The molecule has 10 rings (SSSR count). The summed E-state index contributed by atoms with van der Waals surface area (Å²) in [5, 5.41) is 4.81. The monoisotopic (exact) mass is 676 g/mol. The van der Waals surface area contributed by atoms with Crippen molar-refractivity contribution in [3.05, 3.63) is 194 Å². The number of rotatable bonds is 6. The average molecular weight is 677 g/mol. The van der Waals surface area contributed by atoms with Gasteiger partial charge in [0.15, 0.2) is 17.5 Å². The molecular weight excluding hydrogens is 645 g/mol. The van der Waals surface area contributed by atoms with Gasteiger partial charge in [-0.25, -0.2) is 15.0 Å². The fourth-order valence-electron chi connectivity index (χ4n) is 7.41. The van der Waals surface area contributed by atoms with Crippen LogP contribution >= 0.6 is 0 Å². The zero-order chi connectivity index (χ0) is 35.1. The minimum absolute atomic E-state index is 0.613. The SMILES string of the molecule is c1ccc(-c2ccc(-c3nc(-c4ccccc4)nc(-c4ccc(-c5ccccc5)cc4-n4c5ccccc5c5cc6ccccc6cc54)n3)cc2)cc1. The van der Waals surface area contributed by atoms with Gasteiger partial charge in [-0.2, -0.15) is 0 Å². The summed E-state index contributed by atoms with van der Waals surface area (Å²) in [6.07, 6.45) is 0. The summed E-state index contributed by atoms with van der Waals surface area (Å²) in [7, 11) is 0. The Morgan fingerprint density at radius 3 is 1.45 bits per heavy atom. The summed E-state index contributed by atoms with van der Waals surface area (Å²) in [4.78, 5) is 15.5. The van der Waals surface area contributed by atoms with Gasteiger partial charge in [0.2, 0.25) is 0 Å². The first kappa shape index (κ1) is 30.6. The van der Waals surface area contributed by atoms with Crippen LogP contribution in [0.15, 0.2) is 194 Å². The molecule has 4 heteroatoms. The molecule has 0 N–H and O–H groups in total. The fourth-order valence-corrected chi connectivity index (χ4v) is 7.41. The first-order chi connectivity index (χ1) is 26.3. The second-order valence-electron chi connectivity index (χ2n) is 13.3. The molecular formula is C49H32N4. The Morgan fingerprint density at radius 2 is 0.774 bits per heavy atom. The van der Waals surface area contributed by atoms with Gasteiger partial charge in [-0.3, -0.25) is 0 Å². The standard InChI is InChI=1S/C49H32N4/c1-4-14-33(15-5-1)35-24-26-37(27-25-35)48-50-47(36-18-8-3-9-19-36)51-49(52-48)42-29-28-40(34-16-6-2-7-17-34)32-45(42)53-44-23-13-12-22-41(44)43-30-38-20-10-11-21-39(38)31-46(43)53/h1-32H. The summed E-state index contributed by atoms with van der Waals surface area (Å²) in [6, 6.07) is 68.1. The lowest BCUT2D eigenvalue weighted by Crippen LogP contribution is -2.04. The Labute approximate surface area is 307 Å². The van der Waals surface area contributed by atoms with Gasteiger partial charge in [0.05, 0.1) is 16.7 Å². The molecule has 0 unspecified atom stereocenters. The normalized spacial score (nSPS) is 11.4. The van der Waals surface area contributed by atoms with E-state index in [0.29, 0.717) is 17.5 Å². The molecule has 0 atom stereocenters. The summed E-state index contributed by atoms with van der Waals surface area (Å²) >= 11 is 0. The van der Waals surface area contributed by atoms with Gasteiger partial charge in [0.25, 0.3) is 0 Å². The first-order valence-corrected chi connectivity index (χ1v) is 17.9. The van der Waals surface area contributed by atoms with Gasteiger partial charge in [-0.05, 0) is 63.4 Å². The van der Waals surface area contributed by atoms with Gasteiger partial charge >= 0.3 is 0 Å². The van der Waals surface area contributed by atoms with E-state index in [1.54, 1.807) is 0 Å². The summed E-state index contributed by atoms with van der Waals surface area (Å²) in [6.45, 7) is 0. The van der Waals surface area contributed by atoms with E-state index in [2.05, 4.69) is 174 Å². The molecule has 0 aliphatic carbocycles. The number of hydrogen-bond donors (Lipinski definition) is 0. The Bertz CT molecular complexity index is 2910. The van der Waals surface area contributed by atoms with Crippen molar-refractivity contribution in [1.82, 2.24) is 19.5 Å². The molecule has 0 aliphatic rings. The van der Waals surface area contributed by atoms with Crippen LogP contribution in [0.25, 0.3) is 94.7 Å². The lowest BCUT2D eigenvalue weighted by atomic mass is 10.0. The number of para-hydroxylation sites is 1. The van der Waals surface area contributed by atoms with E-state index in [1.165, 1.54) is 27.1 Å². The van der Waals surface area contributed by atoms with Crippen molar-refractivity contribution in [2.45, 2.75) is 0 Å². The maximum absolute atomic E-state index is 5.25. The number of fused-ring (bicyclic) bond motifs is 4. The summed E-state index contributed by atoms with van der Waals surface area (Å²) < 4.78 is 2.39. The Hall–Kier alpha value is -7.17. The highest BCUT2D eigenvalue weighted by Crippen LogP contribution is 2.39. The molecule has 0 amide bonds. The molecule has 0 saturated carbocycles. The smallest absolute Gasteiger partial charge is 0.166 e. The second kappa shape index (κ2) is 12.9. The third kappa shape index (κ3) is 5.54. The van der Waals surface area contributed by atoms with Crippen molar-refractivity contribution in [2.75, 3.05) is 0 Å². The molecule has 4 nitrogen and oxygen atoms in total. The molecule has 248 valence electrons. The van der Waals surface area contributed by atoms with Gasteiger partial charge < -0.3 is 4.57 Å². The van der Waals surface area contributed by atoms with Crippen LogP contribution in [0.4, 0.5) is 0 Å². The highest BCUT2D eigenvalue weighted by atomic mass is 15.1. The Kier molecular flexibility index (Phi) is 7.43. The summed E-state index contributed by atoms with van der Waals surface area (Å²) in [5.74, 6) is 1.87. The van der Waals surface area contributed by atoms with E-state index >= 15 is 0 Å². The molecule has 0 aliphatic heterocycles. The van der Waals surface area contributed by atoms with E-state index in [4.69, 9.17) is 15.0 Å². The minimum Gasteiger partial charge on any atom is -0.308 e. The van der Waals surface area contributed by atoms with Gasteiger partial charge in [0.1, 0.15) is 0 Å². The number of benzene rings is 8. The molecule has 53 heavy (non-hydrogen) atoms. The van der Waals surface area contributed by atoms with Gasteiger partial charge in [-0.15, -0.1) is 0 Å². The highest BCUT2D eigenvalue weighted by molar-refractivity contribution is 6.14. The van der Waals surface area contributed by atoms with Crippen molar-refractivity contribution < 1.29 is 0 Å². The van der Waals surface area contributed by atoms with Crippen LogP contribution in [0.3, 0.4) is 0 Å². The third-order valence-electron chi connectivity index (χ3n) is 10.0. The molecule has 8 aromatic carbocycles. The third-order valence-corrected chi connectivity index (χ3v) is 10.0. The summed E-state index contributed by atoms with van der Waals surface area (Å²) in [5.41, 5.74) is 10.6. The quantitative estimate of drug-likeness (QED) is 0.176. The van der Waals surface area contributed by atoms with Crippen LogP contribution < -0.4 is 0 Å². The van der Waals surface area contributed by atoms with E-state index < -0.39 is 0 Å². The maximum atomic E-state index is 5.25. The van der Waals surface area contributed by atoms with Crippen molar-refractivity contribution >= 4 is 32.6 Å². The van der Waals surface area contributed by atoms with Crippen LogP contribution in [-0.4, -0.2) is 19.5 Å². The topological polar surface area (TPSA) is 43.6 Å². The zero-order valence-corrected chi connectivity index (χ0v) is 28.8. The number of nitrogens with zero attached hydrogens (tertiary/aromatic N) is 4. The van der Waals surface area contributed by atoms with Crippen LogP contribution in [0, 0.1) is 0 Å². The molecule has 0 fully saturated rings. The van der Waals surface area contributed by atoms with E-state index in [1.807, 2.05) is 24.3 Å². The zero-order valence-electron chi connectivity index (χ0n) is 28.8. The number of hydrogen-bond acceptors (Lipinski definition) is 3. The minimum atomic E-state index is 0.613. The second-order valence-corrected chi connectivity index (χ2v) is 13.3. The molecule has 2 heterocycles.